The Balaban J connectivity index is 1.92. The van der Waals surface area contributed by atoms with Crippen molar-refractivity contribution in [1.82, 2.24) is 15.0 Å². The van der Waals surface area contributed by atoms with Gasteiger partial charge in [-0.3, -0.25) is 9.59 Å². The van der Waals surface area contributed by atoms with E-state index in [1.807, 2.05) is 30.3 Å². The van der Waals surface area contributed by atoms with E-state index in [1.54, 1.807) is 0 Å². The standard InChI is InChI=1S/C15H7N3O2S/c19-12-9-10(17-7-6-16-9)13(20)14-11(12)18-15(21-14)8-4-2-1-3-5-8/h1-7H. The van der Waals surface area contributed by atoms with Gasteiger partial charge in [-0.25, -0.2) is 15.0 Å². The van der Waals surface area contributed by atoms with Gasteiger partial charge in [-0.05, 0) is 0 Å². The maximum atomic E-state index is 12.4. The van der Waals surface area contributed by atoms with Crippen LogP contribution in [0.2, 0.25) is 0 Å². The predicted octanol–water partition coefficient (Wildman–Crippen LogP) is 2.38. The first kappa shape index (κ1) is 12.0. The maximum Gasteiger partial charge on any atom is 0.233 e. The molecule has 0 aliphatic heterocycles. The average Bonchev–Trinajstić information content (AvgIpc) is 2.99. The molecule has 0 saturated heterocycles. The van der Waals surface area contributed by atoms with E-state index in [1.165, 1.54) is 23.7 Å². The molecule has 0 unspecified atom stereocenters. The second-order valence-corrected chi connectivity index (χ2v) is 5.47. The molecule has 0 atom stereocenters. The Kier molecular flexibility index (Phi) is 2.52. The number of thiazole rings is 1. The fourth-order valence-corrected chi connectivity index (χ4v) is 3.23. The first-order valence-electron chi connectivity index (χ1n) is 6.22. The van der Waals surface area contributed by atoms with Crippen LogP contribution < -0.4 is 0 Å². The molecule has 5 nitrogen and oxygen atoms in total. The summed E-state index contributed by atoms with van der Waals surface area (Å²) in [6, 6.07) is 9.46. The zero-order valence-electron chi connectivity index (χ0n) is 10.6. The first-order chi connectivity index (χ1) is 10.3. The Morgan fingerprint density at radius 2 is 1.48 bits per heavy atom. The largest absolute Gasteiger partial charge is 0.286 e. The average molecular weight is 293 g/mol. The third-order valence-corrected chi connectivity index (χ3v) is 4.30. The van der Waals surface area contributed by atoms with Crippen LogP contribution in [0.15, 0.2) is 42.7 Å². The van der Waals surface area contributed by atoms with Gasteiger partial charge in [-0.2, -0.15) is 0 Å². The minimum Gasteiger partial charge on any atom is -0.286 e. The third kappa shape index (κ3) is 1.73. The Hall–Kier alpha value is -2.73. The van der Waals surface area contributed by atoms with E-state index in [0.717, 1.165) is 5.56 Å². The second-order valence-electron chi connectivity index (χ2n) is 4.47. The summed E-state index contributed by atoms with van der Waals surface area (Å²) in [6.45, 7) is 0. The summed E-state index contributed by atoms with van der Waals surface area (Å²) in [5.41, 5.74) is 1.25. The molecule has 1 aliphatic rings. The van der Waals surface area contributed by atoms with E-state index < -0.39 is 0 Å². The molecule has 4 rings (SSSR count). The van der Waals surface area contributed by atoms with Gasteiger partial charge < -0.3 is 0 Å². The lowest BCUT2D eigenvalue weighted by Gasteiger charge is -2.09. The molecule has 6 heteroatoms. The number of carbonyl (C=O) groups is 2. The molecule has 3 aromatic rings. The van der Waals surface area contributed by atoms with Gasteiger partial charge in [0.15, 0.2) is 0 Å². The lowest BCUT2D eigenvalue weighted by molar-refractivity contribution is 0.0971. The van der Waals surface area contributed by atoms with E-state index in [9.17, 15) is 9.59 Å². The van der Waals surface area contributed by atoms with Crippen molar-refractivity contribution in [2.75, 3.05) is 0 Å². The van der Waals surface area contributed by atoms with Crippen molar-refractivity contribution in [2.24, 2.45) is 0 Å². The van der Waals surface area contributed by atoms with Gasteiger partial charge in [0.25, 0.3) is 0 Å². The highest BCUT2D eigenvalue weighted by Gasteiger charge is 2.35. The van der Waals surface area contributed by atoms with Crippen molar-refractivity contribution in [1.29, 1.82) is 0 Å². The van der Waals surface area contributed by atoms with Gasteiger partial charge in [0.2, 0.25) is 11.6 Å². The quantitative estimate of drug-likeness (QED) is 0.538. The number of nitrogens with zero attached hydrogens (tertiary/aromatic N) is 3. The third-order valence-electron chi connectivity index (χ3n) is 3.20. The molecule has 2 heterocycles. The number of ketones is 2. The highest BCUT2D eigenvalue weighted by atomic mass is 32.1. The molecule has 2 aromatic heterocycles. The van der Waals surface area contributed by atoms with E-state index in [4.69, 9.17) is 0 Å². The van der Waals surface area contributed by atoms with Crippen LogP contribution in [0.1, 0.15) is 31.5 Å². The van der Waals surface area contributed by atoms with Gasteiger partial charge in [0, 0.05) is 18.0 Å². The predicted molar refractivity (Wildman–Crippen MR) is 76.4 cm³/mol. The van der Waals surface area contributed by atoms with Gasteiger partial charge in [-0.1, -0.05) is 30.3 Å². The minimum absolute atomic E-state index is 0.0833. The molecule has 21 heavy (non-hydrogen) atoms. The van der Waals surface area contributed by atoms with E-state index in [-0.39, 0.29) is 28.6 Å². The van der Waals surface area contributed by atoms with Crippen molar-refractivity contribution < 1.29 is 9.59 Å². The molecule has 100 valence electrons. The molecule has 0 N–H and O–H groups in total. The summed E-state index contributed by atoms with van der Waals surface area (Å²) >= 11 is 1.21. The number of fused-ring (bicyclic) bond motifs is 2. The number of hydrogen-bond acceptors (Lipinski definition) is 6. The summed E-state index contributed by atoms with van der Waals surface area (Å²) in [5.74, 6) is -0.626. The van der Waals surface area contributed by atoms with Crippen molar-refractivity contribution in [2.45, 2.75) is 0 Å². The molecular weight excluding hydrogens is 286 g/mol. The molecule has 1 aromatic carbocycles. The topological polar surface area (TPSA) is 72.8 Å². The van der Waals surface area contributed by atoms with Crippen LogP contribution in [0.5, 0.6) is 0 Å². The number of rotatable bonds is 1. The SMILES string of the molecule is O=C1c2nccnc2C(=O)c2sc(-c3ccccc3)nc21. The summed E-state index contributed by atoms with van der Waals surface area (Å²) in [6.07, 6.45) is 2.81. The van der Waals surface area contributed by atoms with Crippen LogP contribution in [0.3, 0.4) is 0 Å². The highest BCUT2D eigenvalue weighted by Crippen LogP contribution is 2.33. The summed E-state index contributed by atoms with van der Waals surface area (Å²) < 4.78 is 0. The number of benzene rings is 1. The van der Waals surface area contributed by atoms with E-state index >= 15 is 0 Å². The molecule has 0 radical (unpaired) electrons. The molecule has 0 saturated carbocycles. The summed E-state index contributed by atoms with van der Waals surface area (Å²) in [4.78, 5) is 37.4. The fourth-order valence-electron chi connectivity index (χ4n) is 2.22. The van der Waals surface area contributed by atoms with Crippen molar-refractivity contribution in [3.8, 4) is 10.6 Å². The van der Waals surface area contributed by atoms with E-state index in [0.29, 0.717) is 9.88 Å². The normalized spacial score (nSPS) is 13.0. The van der Waals surface area contributed by atoms with Crippen LogP contribution in [-0.4, -0.2) is 26.5 Å². The smallest absolute Gasteiger partial charge is 0.233 e. The number of carbonyl (C=O) groups excluding carboxylic acids is 2. The van der Waals surface area contributed by atoms with Gasteiger partial charge in [-0.15, -0.1) is 11.3 Å². The Bertz CT molecular complexity index is 834. The fraction of sp³-hybridized carbons (Fsp3) is 0. The highest BCUT2D eigenvalue weighted by molar-refractivity contribution is 7.17. The molecular formula is C15H7N3O2S. The maximum absolute atomic E-state index is 12.4. The van der Waals surface area contributed by atoms with Gasteiger partial charge in [0.1, 0.15) is 27.0 Å². The molecule has 0 amide bonds. The summed E-state index contributed by atoms with van der Waals surface area (Å²) in [5, 5.41) is 0.648. The van der Waals surface area contributed by atoms with Crippen LogP contribution in [-0.2, 0) is 0 Å². The lowest BCUT2D eigenvalue weighted by atomic mass is 10.0. The molecule has 1 aliphatic carbocycles. The van der Waals surface area contributed by atoms with Crippen LogP contribution in [0.4, 0.5) is 0 Å². The molecule has 0 fully saturated rings. The monoisotopic (exact) mass is 293 g/mol. The number of aromatic nitrogens is 3. The Morgan fingerprint density at radius 1 is 0.810 bits per heavy atom. The van der Waals surface area contributed by atoms with Crippen molar-refractivity contribution in [3.63, 3.8) is 0 Å². The van der Waals surface area contributed by atoms with Crippen LogP contribution in [0, 0.1) is 0 Å². The van der Waals surface area contributed by atoms with Gasteiger partial charge >= 0.3 is 0 Å². The van der Waals surface area contributed by atoms with Crippen molar-refractivity contribution in [3.05, 3.63) is 64.7 Å². The second kappa shape index (κ2) is 4.39. The number of hydrogen-bond donors (Lipinski definition) is 0. The molecule has 0 bridgehead atoms. The zero-order valence-corrected chi connectivity index (χ0v) is 11.4. The van der Waals surface area contributed by atoms with Crippen LogP contribution >= 0.6 is 11.3 Å². The first-order valence-corrected chi connectivity index (χ1v) is 7.04. The minimum atomic E-state index is -0.342. The lowest BCUT2D eigenvalue weighted by Crippen LogP contribution is -2.22. The van der Waals surface area contributed by atoms with E-state index in [2.05, 4.69) is 15.0 Å². The van der Waals surface area contributed by atoms with Crippen molar-refractivity contribution >= 4 is 22.9 Å². The Morgan fingerprint density at radius 3 is 2.19 bits per heavy atom. The molecule has 0 spiro atoms. The van der Waals surface area contributed by atoms with Gasteiger partial charge in [0.05, 0.1) is 0 Å². The zero-order chi connectivity index (χ0) is 14.4. The summed E-state index contributed by atoms with van der Waals surface area (Å²) in [7, 11) is 0. The van der Waals surface area contributed by atoms with Crippen LogP contribution in [0.25, 0.3) is 10.6 Å². The Labute approximate surface area is 123 Å².